The Morgan fingerprint density at radius 3 is 2.43 bits per heavy atom. The Morgan fingerprint density at radius 2 is 1.90 bits per heavy atom. The fourth-order valence-electron chi connectivity index (χ4n) is 1.80. The minimum atomic E-state index is -0.213. The summed E-state index contributed by atoms with van der Waals surface area (Å²) in [5.74, 6) is -0.0254. The molecule has 0 fully saturated rings. The number of nitrogens with two attached hydrogens (primary N) is 1. The van der Waals surface area contributed by atoms with Gasteiger partial charge in [-0.25, -0.2) is 0 Å². The predicted molar refractivity (Wildman–Crippen MR) is 86.1 cm³/mol. The van der Waals surface area contributed by atoms with Crippen LogP contribution in [0.3, 0.4) is 0 Å². The molecule has 1 aromatic rings. The fourth-order valence-corrected chi connectivity index (χ4v) is 1.80. The van der Waals surface area contributed by atoms with Crippen LogP contribution in [-0.2, 0) is 16.1 Å². The van der Waals surface area contributed by atoms with E-state index in [-0.39, 0.29) is 18.1 Å². The van der Waals surface area contributed by atoms with Gasteiger partial charge >= 0.3 is 0 Å². The number of carbonyl (C=O) groups excluding carboxylic acids is 1. The van der Waals surface area contributed by atoms with E-state index in [1.54, 1.807) is 0 Å². The minimum absolute atomic E-state index is 0.0254. The third kappa shape index (κ3) is 6.25. The fraction of sp³-hybridized carbons (Fsp3) is 0.562. The number of hydrogen-bond donors (Lipinski definition) is 2. The van der Waals surface area contributed by atoms with Gasteiger partial charge < -0.3 is 15.8 Å². The van der Waals surface area contributed by atoms with Gasteiger partial charge in [0.15, 0.2) is 0 Å². The van der Waals surface area contributed by atoms with E-state index < -0.39 is 0 Å². The lowest BCUT2D eigenvalue weighted by Gasteiger charge is -2.24. The van der Waals surface area contributed by atoms with E-state index in [4.69, 9.17) is 10.5 Å². The normalized spacial score (nSPS) is 12.7. The smallest absolute Gasteiger partial charge is 0.241 e. The summed E-state index contributed by atoms with van der Waals surface area (Å²) in [6.07, 6.45) is 0.212. The van der Waals surface area contributed by atoms with Crippen molar-refractivity contribution in [1.29, 1.82) is 0 Å². The van der Waals surface area contributed by atoms with Gasteiger partial charge in [0.1, 0.15) is 0 Å². The third-order valence-corrected chi connectivity index (χ3v) is 3.39. The molecule has 5 heteroatoms. The molecular formula is C16H27N3O2. The minimum Gasteiger partial charge on any atom is -0.377 e. The Balaban J connectivity index is 2.45. The van der Waals surface area contributed by atoms with Gasteiger partial charge in [0, 0.05) is 18.8 Å². The Labute approximate surface area is 127 Å². The molecule has 5 nitrogen and oxygen atoms in total. The van der Waals surface area contributed by atoms with Crippen LogP contribution in [0.25, 0.3) is 0 Å². The highest BCUT2D eigenvalue weighted by Gasteiger charge is 2.17. The number of anilines is 1. The number of nitrogens with one attached hydrogen (secondary N) is 1. The average molecular weight is 293 g/mol. The summed E-state index contributed by atoms with van der Waals surface area (Å²) in [6, 6.07) is 7.36. The molecule has 1 atom stereocenters. The zero-order valence-electron chi connectivity index (χ0n) is 13.4. The molecule has 0 radical (unpaired) electrons. The van der Waals surface area contributed by atoms with Crippen LogP contribution in [0.5, 0.6) is 0 Å². The molecular weight excluding hydrogens is 266 g/mol. The summed E-state index contributed by atoms with van der Waals surface area (Å²) in [6.45, 7) is 7.74. The summed E-state index contributed by atoms with van der Waals surface area (Å²) >= 11 is 0. The first-order valence-corrected chi connectivity index (χ1v) is 7.35. The first-order chi connectivity index (χ1) is 9.93. The summed E-state index contributed by atoms with van der Waals surface area (Å²) in [5, 5.41) is 2.91. The average Bonchev–Trinajstić information content (AvgIpc) is 2.46. The van der Waals surface area contributed by atoms with Crippen molar-refractivity contribution < 1.29 is 9.53 Å². The molecule has 0 bridgehead atoms. The maximum Gasteiger partial charge on any atom is 0.241 e. The van der Waals surface area contributed by atoms with Crippen molar-refractivity contribution in [1.82, 2.24) is 4.90 Å². The topological polar surface area (TPSA) is 67.6 Å². The molecule has 0 aliphatic heterocycles. The standard InChI is InChI=1S/C16H27N3O2/c1-12(2)21-10-9-19(4)13(3)16(20)18-15-7-5-14(11-17)6-8-15/h5-8,12-13H,9-11,17H2,1-4H3,(H,18,20). The summed E-state index contributed by atoms with van der Waals surface area (Å²) in [7, 11) is 1.92. The van der Waals surface area contributed by atoms with Gasteiger partial charge in [0.25, 0.3) is 0 Å². The van der Waals surface area contributed by atoms with E-state index in [0.717, 1.165) is 17.8 Å². The van der Waals surface area contributed by atoms with Crippen LogP contribution in [0, 0.1) is 0 Å². The Bertz CT molecular complexity index is 432. The highest BCUT2D eigenvalue weighted by atomic mass is 16.5. The molecule has 0 saturated heterocycles. The number of amides is 1. The zero-order chi connectivity index (χ0) is 15.8. The van der Waals surface area contributed by atoms with Crippen LogP contribution >= 0.6 is 0 Å². The van der Waals surface area contributed by atoms with Gasteiger partial charge in [0.2, 0.25) is 5.91 Å². The molecule has 0 saturated carbocycles. The zero-order valence-corrected chi connectivity index (χ0v) is 13.4. The lowest BCUT2D eigenvalue weighted by atomic mass is 10.2. The Kier molecular flexibility index (Phi) is 7.36. The van der Waals surface area contributed by atoms with Crippen LogP contribution in [0.1, 0.15) is 26.3 Å². The summed E-state index contributed by atoms with van der Waals surface area (Å²) in [5.41, 5.74) is 7.38. The van der Waals surface area contributed by atoms with Crippen LogP contribution in [-0.4, -0.2) is 43.2 Å². The maximum atomic E-state index is 12.2. The second-order valence-corrected chi connectivity index (χ2v) is 5.47. The Hall–Kier alpha value is -1.43. The van der Waals surface area contributed by atoms with Gasteiger partial charge in [-0.15, -0.1) is 0 Å². The molecule has 0 heterocycles. The van der Waals surface area contributed by atoms with Crippen molar-refractivity contribution in [3.05, 3.63) is 29.8 Å². The van der Waals surface area contributed by atoms with E-state index in [2.05, 4.69) is 5.32 Å². The largest absolute Gasteiger partial charge is 0.377 e. The van der Waals surface area contributed by atoms with Crippen molar-refractivity contribution in [3.63, 3.8) is 0 Å². The third-order valence-electron chi connectivity index (χ3n) is 3.39. The van der Waals surface area contributed by atoms with Gasteiger partial charge in [-0.05, 0) is 45.5 Å². The molecule has 0 spiro atoms. The molecule has 1 amide bonds. The number of rotatable bonds is 8. The highest BCUT2D eigenvalue weighted by molar-refractivity contribution is 5.94. The van der Waals surface area contributed by atoms with Gasteiger partial charge in [-0.1, -0.05) is 12.1 Å². The van der Waals surface area contributed by atoms with Crippen molar-refractivity contribution in [2.24, 2.45) is 5.73 Å². The van der Waals surface area contributed by atoms with Crippen LogP contribution in [0.2, 0.25) is 0 Å². The van der Waals surface area contributed by atoms with Gasteiger partial charge in [-0.2, -0.15) is 0 Å². The van der Waals surface area contributed by atoms with Gasteiger partial charge in [-0.3, -0.25) is 9.69 Å². The van der Waals surface area contributed by atoms with Crippen molar-refractivity contribution in [2.75, 3.05) is 25.5 Å². The van der Waals surface area contributed by atoms with Crippen molar-refractivity contribution >= 4 is 11.6 Å². The maximum absolute atomic E-state index is 12.2. The van der Waals surface area contributed by atoms with Crippen molar-refractivity contribution in [3.8, 4) is 0 Å². The van der Waals surface area contributed by atoms with E-state index in [9.17, 15) is 4.79 Å². The molecule has 0 aliphatic carbocycles. The Morgan fingerprint density at radius 1 is 1.29 bits per heavy atom. The van der Waals surface area contributed by atoms with Crippen LogP contribution in [0.4, 0.5) is 5.69 Å². The number of benzene rings is 1. The van der Waals surface area contributed by atoms with Crippen LogP contribution < -0.4 is 11.1 Å². The highest BCUT2D eigenvalue weighted by Crippen LogP contribution is 2.10. The van der Waals surface area contributed by atoms with E-state index >= 15 is 0 Å². The number of hydrogen-bond acceptors (Lipinski definition) is 4. The molecule has 118 valence electrons. The summed E-state index contributed by atoms with van der Waals surface area (Å²) < 4.78 is 5.50. The SMILES string of the molecule is CC(C)OCCN(C)C(C)C(=O)Nc1ccc(CN)cc1. The van der Waals surface area contributed by atoms with Gasteiger partial charge in [0.05, 0.1) is 18.8 Å². The molecule has 1 unspecified atom stereocenters. The number of ether oxygens (including phenoxy) is 1. The lowest BCUT2D eigenvalue weighted by Crippen LogP contribution is -2.41. The molecule has 1 rings (SSSR count). The first-order valence-electron chi connectivity index (χ1n) is 7.35. The molecule has 21 heavy (non-hydrogen) atoms. The van der Waals surface area contributed by atoms with E-state index in [0.29, 0.717) is 13.2 Å². The predicted octanol–water partition coefficient (Wildman–Crippen LogP) is 1.83. The van der Waals surface area contributed by atoms with Crippen LogP contribution in [0.15, 0.2) is 24.3 Å². The van der Waals surface area contributed by atoms with E-state index in [1.807, 2.05) is 57.0 Å². The van der Waals surface area contributed by atoms with E-state index in [1.165, 1.54) is 0 Å². The number of nitrogens with zero attached hydrogens (tertiary/aromatic N) is 1. The number of likely N-dealkylation sites (N-methyl/N-ethyl adjacent to an activating group) is 1. The molecule has 0 aromatic heterocycles. The van der Waals surface area contributed by atoms with Crippen molar-refractivity contribution in [2.45, 2.75) is 39.5 Å². The summed E-state index contributed by atoms with van der Waals surface area (Å²) in [4.78, 5) is 14.2. The molecule has 0 aliphatic rings. The second-order valence-electron chi connectivity index (χ2n) is 5.47. The first kappa shape index (κ1) is 17.6. The monoisotopic (exact) mass is 293 g/mol. The lowest BCUT2D eigenvalue weighted by molar-refractivity contribution is -0.120. The molecule has 1 aromatic carbocycles. The number of carbonyl (C=O) groups is 1. The quantitative estimate of drug-likeness (QED) is 0.767. The second kappa shape index (κ2) is 8.77. The molecule has 3 N–H and O–H groups in total.